The molecule has 0 aliphatic rings. The predicted molar refractivity (Wildman–Crippen MR) is 78.6 cm³/mol. The Morgan fingerprint density at radius 3 is 2.28 bits per heavy atom. The summed E-state index contributed by atoms with van der Waals surface area (Å²) in [4.78, 5) is 11.8. The Balaban J connectivity index is 3.84. The number of nitrogens with one attached hydrogen (secondary N) is 2. The number of carbonyl (C=O) groups excluding carboxylic acids is 1. The lowest BCUT2D eigenvalue weighted by molar-refractivity contribution is -0.122. The van der Waals surface area contributed by atoms with Crippen molar-refractivity contribution in [3.05, 3.63) is 0 Å². The van der Waals surface area contributed by atoms with Crippen LogP contribution in [0, 0.1) is 11.8 Å². The van der Waals surface area contributed by atoms with Gasteiger partial charge in [-0.2, -0.15) is 0 Å². The summed E-state index contributed by atoms with van der Waals surface area (Å²) in [6, 6.07) is -0.0839. The van der Waals surface area contributed by atoms with E-state index in [0.717, 1.165) is 13.1 Å². The molecule has 0 aromatic heterocycles. The van der Waals surface area contributed by atoms with Gasteiger partial charge in [-0.25, -0.2) is 0 Å². The molecule has 0 radical (unpaired) electrons. The van der Waals surface area contributed by atoms with Crippen molar-refractivity contribution in [2.45, 2.75) is 66.3 Å². The van der Waals surface area contributed by atoms with Crippen LogP contribution in [0.3, 0.4) is 0 Å². The number of hydrogen-bond donors (Lipinski definition) is 2. The second kappa shape index (κ2) is 10.4. The molecule has 0 aromatic carbocycles. The molecule has 2 N–H and O–H groups in total. The fraction of sp³-hybridized carbons (Fsp3) is 0.933. The highest BCUT2D eigenvalue weighted by Crippen LogP contribution is 2.11. The fourth-order valence-electron chi connectivity index (χ4n) is 1.84. The Labute approximate surface area is 113 Å². The number of unbranched alkanes of at least 4 members (excludes halogenated alkanes) is 1. The average Bonchev–Trinajstić information content (AvgIpc) is 2.35. The van der Waals surface area contributed by atoms with Crippen LogP contribution in [0.1, 0.15) is 60.3 Å². The fourth-order valence-corrected chi connectivity index (χ4v) is 1.84. The molecule has 1 amide bonds. The predicted octanol–water partition coefficient (Wildman–Crippen LogP) is 2.95. The molecule has 0 saturated heterocycles. The molecule has 0 fully saturated rings. The number of hydrogen-bond acceptors (Lipinski definition) is 2. The van der Waals surface area contributed by atoms with E-state index >= 15 is 0 Å². The Morgan fingerprint density at radius 1 is 1.11 bits per heavy atom. The molecule has 0 bridgehead atoms. The summed E-state index contributed by atoms with van der Waals surface area (Å²) in [6.45, 7) is 12.3. The van der Waals surface area contributed by atoms with Crippen molar-refractivity contribution in [3.63, 3.8) is 0 Å². The molecule has 18 heavy (non-hydrogen) atoms. The van der Waals surface area contributed by atoms with E-state index in [-0.39, 0.29) is 11.9 Å². The Bertz CT molecular complexity index is 217. The largest absolute Gasteiger partial charge is 0.354 e. The molecule has 0 saturated carbocycles. The van der Waals surface area contributed by atoms with Gasteiger partial charge in [-0.3, -0.25) is 4.79 Å². The van der Waals surface area contributed by atoms with Crippen molar-refractivity contribution in [2.24, 2.45) is 11.8 Å². The van der Waals surface area contributed by atoms with E-state index in [4.69, 9.17) is 0 Å². The minimum Gasteiger partial charge on any atom is -0.354 e. The summed E-state index contributed by atoms with van der Waals surface area (Å²) < 4.78 is 0. The normalized spacial score (nSPS) is 14.6. The van der Waals surface area contributed by atoms with Gasteiger partial charge in [0.05, 0.1) is 6.04 Å². The molecule has 3 heteroatoms. The zero-order valence-electron chi connectivity index (χ0n) is 12.9. The van der Waals surface area contributed by atoms with Gasteiger partial charge in [-0.15, -0.1) is 0 Å². The monoisotopic (exact) mass is 256 g/mol. The second-order valence-corrected chi connectivity index (χ2v) is 5.69. The quantitative estimate of drug-likeness (QED) is 0.631. The lowest BCUT2D eigenvalue weighted by Gasteiger charge is -2.19. The van der Waals surface area contributed by atoms with E-state index in [1.54, 1.807) is 0 Å². The van der Waals surface area contributed by atoms with E-state index < -0.39 is 0 Å². The van der Waals surface area contributed by atoms with Crippen molar-refractivity contribution in [1.82, 2.24) is 10.6 Å². The van der Waals surface area contributed by atoms with Crippen molar-refractivity contribution < 1.29 is 4.79 Å². The van der Waals surface area contributed by atoms with Gasteiger partial charge in [-0.05, 0) is 31.7 Å². The summed E-state index contributed by atoms with van der Waals surface area (Å²) >= 11 is 0. The molecule has 3 nitrogen and oxygen atoms in total. The van der Waals surface area contributed by atoms with Crippen molar-refractivity contribution in [3.8, 4) is 0 Å². The maximum atomic E-state index is 11.8. The maximum Gasteiger partial charge on any atom is 0.236 e. The van der Waals surface area contributed by atoms with Crippen LogP contribution in [0.4, 0.5) is 0 Å². The molecular formula is C15H32N2O. The Morgan fingerprint density at radius 2 is 1.78 bits per heavy atom. The summed E-state index contributed by atoms with van der Waals surface area (Å²) in [5, 5.41) is 6.32. The van der Waals surface area contributed by atoms with Crippen LogP contribution < -0.4 is 10.6 Å². The summed E-state index contributed by atoms with van der Waals surface area (Å²) in [5.74, 6) is 1.33. The third kappa shape index (κ3) is 8.51. The Hall–Kier alpha value is -0.570. The van der Waals surface area contributed by atoms with Crippen LogP contribution in [-0.4, -0.2) is 25.0 Å². The topological polar surface area (TPSA) is 41.1 Å². The van der Waals surface area contributed by atoms with E-state index in [9.17, 15) is 4.79 Å². The zero-order chi connectivity index (χ0) is 14.0. The SMILES string of the molecule is CCCCC(CC)CNC(C)C(=O)NCC(C)C. The van der Waals surface area contributed by atoms with Crippen LogP contribution in [0.2, 0.25) is 0 Å². The Kier molecular flexibility index (Phi) is 10.0. The first-order chi connectivity index (χ1) is 8.51. The van der Waals surface area contributed by atoms with Gasteiger partial charge < -0.3 is 10.6 Å². The highest BCUT2D eigenvalue weighted by Gasteiger charge is 2.14. The van der Waals surface area contributed by atoms with Gasteiger partial charge in [-0.1, -0.05) is 47.0 Å². The molecule has 0 aliphatic heterocycles. The number of amides is 1. The molecule has 0 aromatic rings. The molecule has 2 atom stereocenters. The summed E-state index contributed by atoms with van der Waals surface area (Å²) in [6.07, 6.45) is 4.99. The van der Waals surface area contributed by atoms with E-state index in [0.29, 0.717) is 11.8 Å². The van der Waals surface area contributed by atoms with Gasteiger partial charge in [0.25, 0.3) is 0 Å². The lowest BCUT2D eigenvalue weighted by atomic mass is 9.99. The summed E-state index contributed by atoms with van der Waals surface area (Å²) in [5.41, 5.74) is 0. The smallest absolute Gasteiger partial charge is 0.236 e. The summed E-state index contributed by atoms with van der Waals surface area (Å²) in [7, 11) is 0. The van der Waals surface area contributed by atoms with E-state index in [2.05, 4.69) is 38.3 Å². The van der Waals surface area contributed by atoms with Crippen molar-refractivity contribution >= 4 is 5.91 Å². The van der Waals surface area contributed by atoms with Gasteiger partial charge in [0.1, 0.15) is 0 Å². The average molecular weight is 256 g/mol. The van der Waals surface area contributed by atoms with Crippen LogP contribution in [0.15, 0.2) is 0 Å². The molecule has 0 heterocycles. The van der Waals surface area contributed by atoms with E-state index in [1.807, 2.05) is 6.92 Å². The molecule has 0 spiro atoms. The third-order valence-electron chi connectivity index (χ3n) is 3.33. The minimum absolute atomic E-state index is 0.0839. The van der Waals surface area contributed by atoms with Gasteiger partial charge in [0.2, 0.25) is 5.91 Å². The standard InChI is InChI=1S/C15H32N2O/c1-6-8-9-14(7-2)11-16-13(5)15(18)17-10-12(3)4/h12-14,16H,6-11H2,1-5H3,(H,17,18). The van der Waals surface area contributed by atoms with Gasteiger partial charge >= 0.3 is 0 Å². The van der Waals surface area contributed by atoms with Crippen molar-refractivity contribution in [2.75, 3.05) is 13.1 Å². The molecular weight excluding hydrogens is 224 g/mol. The first kappa shape index (κ1) is 17.4. The van der Waals surface area contributed by atoms with Crippen LogP contribution in [0.25, 0.3) is 0 Å². The van der Waals surface area contributed by atoms with Crippen LogP contribution >= 0.6 is 0 Å². The second-order valence-electron chi connectivity index (χ2n) is 5.69. The zero-order valence-corrected chi connectivity index (χ0v) is 12.9. The van der Waals surface area contributed by atoms with Gasteiger partial charge in [0, 0.05) is 6.54 Å². The first-order valence-corrected chi connectivity index (χ1v) is 7.52. The first-order valence-electron chi connectivity index (χ1n) is 7.52. The van der Waals surface area contributed by atoms with Gasteiger partial charge in [0.15, 0.2) is 0 Å². The number of carbonyl (C=O) groups is 1. The highest BCUT2D eigenvalue weighted by molar-refractivity contribution is 5.81. The van der Waals surface area contributed by atoms with Crippen molar-refractivity contribution in [1.29, 1.82) is 0 Å². The molecule has 0 aliphatic carbocycles. The van der Waals surface area contributed by atoms with Crippen LogP contribution in [0.5, 0.6) is 0 Å². The molecule has 108 valence electrons. The molecule has 2 unspecified atom stereocenters. The van der Waals surface area contributed by atoms with Crippen LogP contribution in [-0.2, 0) is 4.79 Å². The van der Waals surface area contributed by atoms with E-state index in [1.165, 1.54) is 25.7 Å². The number of rotatable bonds is 10. The minimum atomic E-state index is -0.0839. The maximum absolute atomic E-state index is 11.8. The molecule has 0 rings (SSSR count). The lowest BCUT2D eigenvalue weighted by Crippen LogP contribution is -2.44. The highest BCUT2D eigenvalue weighted by atomic mass is 16.2. The third-order valence-corrected chi connectivity index (χ3v) is 3.33.